The van der Waals surface area contributed by atoms with E-state index < -0.39 is 5.91 Å². The third-order valence-electron chi connectivity index (χ3n) is 19.2. The van der Waals surface area contributed by atoms with Crippen molar-refractivity contribution in [1.82, 2.24) is 43.7 Å². The second-order valence-electron chi connectivity index (χ2n) is 26.7. The molecule has 9 aromatic carbocycles. The Kier molecular flexibility index (Phi) is 26.4. The smallest absolute Gasteiger partial charge is 0.337 e. The number of methoxy groups -OCH3 is 2. The fourth-order valence-corrected chi connectivity index (χ4v) is 14.1. The van der Waals surface area contributed by atoms with Gasteiger partial charge in [0, 0.05) is 66.5 Å². The van der Waals surface area contributed by atoms with Crippen LogP contribution in [0.2, 0.25) is 0 Å². The van der Waals surface area contributed by atoms with Crippen molar-refractivity contribution in [2.45, 2.75) is 73.4 Å². The summed E-state index contributed by atoms with van der Waals surface area (Å²) in [5.74, 6) is 0.505. The van der Waals surface area contributed by atoms with E-state index in [4.69, 9.17) is 54.1 Å². The number of aryl methyl sites for hydroxylation is 10. The number of likely N-dealkylation sites (N-methyl/N-ethyl adjacent to an activating group) is 1. The Morgan fingerprint density at radius 1 is 0.478 bits per heavy atom. The molecule has 3 N–H and O–H groups in total. The van der Waals surface area contributed by atoms with E-state index in [0.717, 1.165) is 150 Å². The van der Waals surface area contributed by atoms with Crippen molar-refractivity contribution in [3.8, 4) is 0 Å². The Hall–Kier alpha value is -13.1. The number of amides is 1. The number of ether oxygens (including phenoxy) is 2. The molecule has 13 aromatic rings. The Morgan fingerprint density at radius 3 is 1.34 bits per heavy atom. The van der Waals surface area contributed by atoms with Gasteiger partial charge in [-0.2, -0.15) is 0 Å². The summed E-state index contributed by atoms with van der Waals surface area (Å²) in [5, 5.41) is 12.2. The van der Waals surface area contributed by atoms with Gasteiger partial charge in [0.25, 0.3) is 5.91 Å². The molecule has 6 heterocycles. The van der Waals surface area contributed by atoms with Crippen LogP contribution in [0.25, 0.3) is 73.2 Å². The summed E-state index contributed by atoms with van der Waals surface area (Å²) in [7, 11) is 12.5. The lowest BCUT2D eigenvalue weighted by Crippen LogP contribution is -2.34. The van der Waals surface area contributed by atoms with Crippen LogP contribution in [-0.4, -0.2) is 93.3 Å². The number of hydroxylamine groups is 1. The topological polar surface area (TPSA) is 227 Å². The molecule has 0 saturated heterocycles. The quantitative estimate of drug-likeness (QED) is 0.0531. The number of anilines is 2. The van der Waals surface area contributed by atoms with Crippen molar-refractivity contribution < 1.29 is 29.1 Å². The molecule has 15 rings (SSSR count). The lowest BCUT2D eigenvalue weighted by atomic mass is 10.1. The van der Waals surface area contributed by atoms with Crippen LogP contribution >= 0.6 is 47.8 Å². The maximum absolute atomic E-state index is 11.7. The van der Waals surface area contributed by atoms with Crippen LogP contribution in [0.5, 0.6) is 0 Å². The summed E-state index contributed by atoms with van der Waals surface area (Å²) in [6.07, 6.45) is 2.82. The molecule has 1 atom stereocenters. The number of benzene rings is 9. The van der Waals surface area contributed by atoms with Gasteiger partial charge in [-0.25, -0.2) is 69.1 Å². The largest absolute Gasteiger partial charge is 0.465 e. The van der Waals surface area contributed by atoms with Gasteiger partial charge in [0.1, 0.15) is 17.8 Å². The Bertz CT molecular complexity index is 6100. The van der Waals surface area contributed by atoms with E-state index in [2.05, 4.69) is 112 Å². The monoisotopic (exact) mass is 1690 g/mol. The molecule has 24 nitrogen and oxygen atoms in total. The molecule has 566 valence electrons. The lowest BCUT2D eigenvalue weighted by molar-refractivity contribution is 0.0591. The highest BCUT2D eigenvalue weighted by atomic mass is 79.9. The molecule has 0 saturated carbocycles. The Balaban J connectivity index is 0.000000146. The van der Waals surface area contributed by atoms with Gasteiger partial charge in [0.15, 0.2) is 43.6 Å². The van der Waals surface area contributed by atoms with Gasteiger partial charge in [-0.05, 0) is 248 Å². The fraction of sp³-hybridized carbons (Fsp3) is 0.209. The highest BCUT2D eigenvalue weighted by molar-refractivity contribution is 9.18. The SMILES string of the molecule is [C-]#[N+]c1cc2c(cc1C)CC(Br)=N2.[C-]#[N+]c1cc2c(cc1C)NC(Cc1cccc(C(=O)OC)c1)N2C.[C-]#[N+]c1cc2c(cc1C)nc(Br)n2C.[C-]#[N+]c1cc2nc(Br)n(C)c2cc1C.[C-]#[N+]c1cc2nc(Cc3cccc(C(=O)NO)c3)n(C)c2cc1C.[C-]#[N+]c1cc2nc(Cc3cccc(C(=O)OC)c3)n(C)c2cc1C. The summed E-state index contributed by atoms with van der Waals surface area (Å²) in [6, 6.07) is 44.9. The summed E-state index contributed by atoms with van der Waals surface area (Å²) in [4.78, 5) is 80.2. The minimum atomic E-state index is -0.542. The van der Waals surface area contributed by atoms with Crippen LogP contribution in [0.3, 0.4) is 0 Å². The normalized spacial score (nSPS) is 11.9. The first kappa shape index (κ1) is 82.4. The van der Waals surface area contributed by atoms with Crippen molar-refractivity contribution in [1.29, 1.82) is 0 Å². The van der Waals surface area contributed by atoms with Gasteiger partial charge in [-0.15, -0.1) is 0 Å². The number of rotatable bonds is 9. The lowest BCUT2D eigenvalue weighted by Gasteiger charge is -2.22. The first-order valence-electron chi connectivity index (χ1n) is 34.9. The zero-order valence-electron chi connectivity index (χ0n) is 64.0. The van der Waals surface area contributed by atoms with Crippen LogP contribution < -0.4 is 15.7 Å². The summed E-state index contributed by atoms with van der Waals surface area (Å²) in [6.45, 7) is 54.3. The third kappa shape index (κ3) is 18.7. The number of aromatic nitrogens is 8. The summed E-state index contributed by atoms with van der Waals surface area (Å²) >= 11 is 10.1. The van der Waals surface area contributed by atoms with Crippen LogP contribution in [0.15, 0.2) is 160 Å². The number of fused-ring (bicyclic) bond motifs is 6. The number of hydrogen-bond acceptors (Lipinski definition) is 13. The molecule has 4 aromatic heterocycles. The molecule has 1 unspecified atom stereocenters. The molecular weight excluding hydrogens is 1620 g/mol. The Labute approximate surface area is 679 Å². The summed E-state index contributed by atoms with van der Waals surface area (Å²) in [5.41, 5.74) is 27.4. The highest BCUT2D eigenvalue weighted by Crippen LogP contribution is 2.41. The van der Waals surface area contributed by atoms with Gasteiger partial charge in [-0.3, -0.25) is 10.0 Å². The van der Waals surface area contributed by atoms with Crippen molar-refractivity contribution >= 4 is 166 Å². The second kappa shape index (κ2) is 36.2. The molecule has 1 amide bonds. The average molecular weight is 1700 g/mol. The van der Waals surface area contributed by atoms with E-state index in [-0.39, 0.29) is 18.1 Å². The van der Waals surface area contributed by atoms with Crippen LogP contribution in [0, 0.1) is 81.0 Å². The first-order valence-corrected chi connectivity index (χ1v) is 37.2. The highest BCUT2D eigenvalue weighted by Gasteiger charge is 2.28. The van der Waals surface area contributed by atoms with Crippen molar-refractivity contribution in [2.75, 3.05) is 31.5 Å². The number of imidazole rings is 4. The number of nitrogens with one attached hydrogen (secondary N) is 2. The standard InChI is InChI=1S/C19H17N3O2.C19H19N3O2.C18H16N4O2.2C10H8BrN3.C10H7BrN2/c1-12-8-17-16(11-15(12)20-2)21-18(22(17)3)10-13-6-5-7-14(9-13)19(23)24-4;1-12-8-16-17(11-15(12)20-2)22(3)18(21-16)10-13-6-5-7-14(9-13)19(23)24-4;1-11-7-16-15(10-14(11)19-2)20-17(22(16)3)9-12-5-4-6-13(8-12)18(23)21-24;1-6-4-9-8(5-7(6)12-2)13-10(11)14(9)3;1-6-4-8-9(5-7(6)12-2)14(3)10(11)13-8;1-6-3-7-4-10(11)13-9(7)5-8(6)12-2/h5-9,11H,10H2,1,3-4H3;5-9,11,18,21H,10H2,1,3-4H3;4-8,10,24H,9H2,1,3H3,(H,21,23);2*4-5H,1,3H3;3,5H,4H2,1H3. The molecule has 0 radical (unpaired) electrons. The number of esters is 2. The minimum absolute atomic E-state index is 0.0771. The van der Waals surface area contributed by atoms with E-state index in [9.17, 15) is 14.4 Å². The molecule has 0 bridgehead atoms. The van der Waals surface area contributed by atoms with E-state index in [0.29, 0.717) is 63.7 Å². The second-order valence-corrected chi connectivity index (χ2v) is 29.0. The van der Waals surface area contributed by atoms with E-state index in [1.165, 1.54) is 19.8 Å². The number of nitrogens with zero attached hydrogens (tertiary/aromatic N) is 16. The molecule has 27 heteroatoms. The molecule has 0 aliphatic carbocycles. The number of halogens is 3. The molecular formula is C86H75Br3N18O6. The molecule has 2 aliphatic heterocycles. The number of hydrogen-bond donors (Lipinski definition) is 3. The zero-order valence-corrected chi connectivity index (χ0v) is 68.8. The Morgan fingerprint density at radius 2 is 0.858 bits per heavy atom. The van der Waals surface area contributed by atoms with Crippen LogP contribution in [-0.2, 0) is 63.3 Å². The predicted octanol–water partition coefficient (Wildman–Crippen LogP) is 20.6. The van der Waals surface area contributed by atoms with Crippen LogP contribution in [0.1, 0.15) is 98.4 Å². The van der Waals surface area contributed by atoms with Gasteiger partial charge in [0.2, 0.25) is 0 Å². The molecule has 0 fully saturated rings. The van der Waals surface area contributed by atoms with Crippen molar-refractivity contribution in [3.63, 3.8) is 0 Å². The van der Waals surface area contributed by atoms with E-state index >= 15 is 0 Å². The average Bonchev–Trinajstić information content (AvgIpc) is 1.66. The molecule has 0 spiro atoms. The van der Waals surface area contributed by atoms with Gasteiger partial charge in [-0.1, -0.05) is 42.5 Å². The number of carbonyl (C=O) groups excluding carboxylic acids is 3. The van der Waals surface area contributed by atoms with E-state index in [1.54, 1.807) is 41.9 Å². The van der Waals surface area contributed by atoms with Gasteiger partial charge < -0.3 is 38.0 Å². The fourth-order valence-electron chi connectivity index (χ4n) is 12.8. The van der Waals surface area contributed by atoms with Crippen molar-refractivity contribution in [3.05, 3.63) is 308 Å². The maximum atomic E-state index is 11.7. The number of carbonyl (C=O) groups is 3. The predicted molar refractivity (Wildman–Crippen MR) is 453 cm³/mol. The minimum Gasteiger partial charge on any atom is -0.465 e. The van der Waals surface area contributed by atoms with Crippen LogP contribution in [0.4, 0.5) is 51.2 Å². The molecule has 2 aliphatic rings. The third-order valence-corrected chi connectivity index (χ3v) is 21.1. The zero-order chi connectivity index (χ0) is 81.8. The van der Waals surface area contributed by atoms with E-state index in [1.807, 2.05) is 204 Å². The first-order chi connectivity index (χ1) is 54.0. The van der Waals surface area contributed by atoms with Gasteiger partial charge >= 0.3 is 11.9 Å². The summed E-state index contributed by atoms with van der Waals surface area (Å²) < 4.78 is 20.0. The van der Waals surface area contributed by atoms with Gasteiger partial charge in [0.05, 0.1) is 131 Å². The number of aliphatic imine (C=N–C) groups is 1. The van der Waals surface area contributed by atoms with Crippen molar-refractivity contribution in [2.24, 2.45) is 33.2 Å². The maximum Gasteiger partial charge on any atom is 0.337 e. The molecule has 113 heavy (non-hydrogen) atoms.